The Bertz CT molecular complexity index is 602. The Balaban J connectivity index is 2.13. The topological polar surface area (TPSA) is 20.2 Å². The molecule has 1 nitrogen and oxygen atoms in total. The summed E-state index contributed by atoms with van der Waals surface area (Å²) in [5, 5.41) is 10.3. The van der Waals surface area contributed by atoms with Gasteiger partial charge in [-0.3, -0.25) is 0 Å². The highest BCUT2D eigenvalue weighted by Crippen LogP contribution is 2.49. The molecular formula is C19H24O. The van der Waals surface area contributed by atoms with E-state index >= 15 is 0 Å². The lowest BCUT2D eigenvalue weighted by atomic mass is 9.64. The van der Waals surface area contributed by atoms with Crippen molar-refractivity contribution in [2.24, 2.45) is 11.3 Å². The lowest BCUT2D eigenvalue weighted by Crippen LogP contribution is -2.28. The molecule has 0 aliphatic heterocycles. The molecule has 0 spiro atoms. The molecule has 0 saturated heterocycles. The van der Waals surface area contributed by atoms with Gasteiger partial charge in [-0.2, -0.15) is 0 Å². The van der Waals surface area contributed by atoms with Crippen LogP contribution >= 0.6 is 0 Å². The van der Waals surface area contributed by atoms with Crippen LogP contribution in [0.5, 0.6) is 5.75 Å². The summed E-state index contributed by atoms with van der Waals surface area (Å²) < 4.78 is 0. The maximum Gasteiger partial charge on any atom is 0.119 e. The van der Waals surface area contributed by atoms with Gasteiger partial charge in [0.15, 0.2) is 0 Å². The summed E-state index contributed by atoms with van der Waals surface area (Å²) in [4.78, 5) is 0. The Morgan fingerprint density at radius 1 is 1.25 bits per heavy atom. The summed E-state index contributed by atoms with van der Waals surface area (Å²) in [7, 11) is 0. The van der Waals surface area contributed by atoms with Gasteiger partial charge in [0, 0.05) is 0 Å². The van der Waals surface area contributed by atoms with Gasteiger partial charge in [-0.15, -0.1) is 0 Å². The van der Waals surface area contributed by atoms with E-state index in [1.165, 1.54) is 23.1 Å². The number of phenols is 1. The molecule has 0 fully saturated rings. The van der Waals surface area contributed by atoms with Gasteiger partial charge in [0.1, 0.15) is 5.75 Å². The first-order valence-electron chi connectivity index (χ1n) is 7.65. The fourth-order valence-corrected chi connectivity index (χ4v) is 3.73. The van der Waals surface area contributed by atoms with Gasteiger partial charge in [0.2, 0.25) is 0 Å². The van der Waals surface area contributed by atoms with Crippen LogP contribution in [0.15, 0.2) is 30.4 Å². The van der Waals surface area contributed by atoms with Gasteiger partial charge in [0.05, 0.1) is 0 Å². The number of allylic oxidation sites excluding steroid dienone is 4. The van der Waals surface area contributed by atoms with Gasteiger partial charge in [-0.25, -0.2) is 0 Å². The van der Waals surface area contributed by atoms with Crippen LogP contribution in [0, 0.1) is 11.3 Å². The van der Waals surface area contributed by atoms with Crippen LogP contribution in [0.25, 0.3) is 5.57 Å². The zero-order valence-electron chi connectivity index (χ0n) is 12.9. The SMILES string of the molecule is CC(C)c1cc2c(cc1O)C1=CC=CC(C)(C)[C@H]1CC2. The van der Waals surface area contributed by atoms with E-state index in [1.54, 1.807) is 0 Å². The Morgan fingerprint density at radius 3 is 2.70 bits per heavy atom. The van der Waals surface area contributed by atoms with Crippen molar-refractivity contribution in [3.63, 3.8) is 0 Å². The quantitative estimate of drug-likeness (QED) is 0.755. The highest BCUT2D eigenvalue weighted by molar-refractivity contribution is 5.76. The Morgan fingerprint density at radius 2 is 2.00 bits per heavy atom. The van der Waals surface area contributed by atoms with E-state index in [2.05, 4.69) is 52.0 Å². The maximum atomic E-state index is 10.3. The molecule has 0 heterocycles. The first kappa shape index (κ1) is 13.5. The molecule has 2 aliphatic rings. The lowest BCUT2D eigenvalue weighted by Gasteiger charge is -2.40. The van der Waals surface area contributed by atoms with E-state index in [4.69, 9.17) is 0 Å². The second-order valence-electron chi connectivity index (χ2n) is 7.12. The minimum Gasteiger partial charge on any atom is -0.508 e. The molecular weight excluding hydrogens is 244 g/mol. The van der Waals surface area contributed by atoms with Crippen molar-refractivity contribution >= 4 is 5.57 Å². The van der Waals surface area contributed by atoms with Gasteiger partial charge in [-0.1, -0.05) is 52.0 Å². The third-order valence-corrected chi connectivity index (χ3v) is 4.96. The molecule has 0 aromatic heterocycles. The Kier molecular flexibility index (Phi) is 3.04. The smallest absolute Gasteiger partial charge is 0.119 e. The van der Waals surface area contributed by atoms with Gasteiger partial charge in [0.25, 0.3) is 0 Å². The van der Waals surface area contributed by atoms with Crippen molar-refractivity contribution in [2.45, 2.75) is 46.5 Å². The van der Waals surface area contributed by atoms with E-state index < -0.39 is 0 Å². The van der Waals surface area contributed by atoms with Crippen molar-refractivity contribution in [2.75, 3.05) is 0 Å². The molecule has 3 rings (SSSR count). The summed E-state index contributed by atoms with van der Waals surface area (Å²) in [5.74, 6) is 1.40. The van der Waals surface area contributed by atoms with Crippen molar-refractivity contribution in [3.8, 4) is 5.75 Å². The van der Waals surface area contributed by atoms with Crippen molar-refractivity contribution in [3.05, 3.63) is 47.1 Å². The normalized spacial score (nSPS) is 23.2. The zero-order valence-corrected chi connectivity index (χ0v) is 12.9. The maximum absolute atomic E-state index is 10.3. The fourth-order valence-electron chi connectivity index (χ4n) is 3.73. The third-order valence-electron chi connectivity index (χ3n) is 4.96. The number of aromatic hydroxyl groups is 1. The molecule has 1 N–H and O–H groups in total. The first-order valence-corrected chi connectivity index (χ1v) is 7.65. The van der Waals surface area contributed by atoms with Gasteiger partial charge >= 0.3 is 0 Å². The van der Waals surface area contributed by atoms with E-state index in [1.807, 2.05) is 6.07 Å². The fraction of sp³-hybridized carbons (Fsp3) is 0.474. The molecule has 0 amide bonds. The van der Waals surface area contributed by atoms with Gasteiger partial charge in [-0.05, 0) is 58.4 Å². The molecule has 1 heteroatoms. The van der Waals surface area contributed by atoms with Crippen molar-refractivity contribution in [1.82, 2.24) is 0 Å². The van der Waals surface area contributed by atoms with Crippen molar-refractivity contribution < 1.29 is 5.11 Å². The Labute approximate surface area is 122 Å². The molecule has 0 radical (unpaired) electrons. The van der Waals surface area contributed by atoms with Crippen molar-refractivity contribution in [1.29, 1.82) is 0 Å². The molecule has 1 aromatic rings. The molecule has 1 aromatic carbocycles. The van der Waals surface area contributed by atoms with Crippen LogP contribution in [0.2, 0.25) is 0 Å². The minimum atomic E-state index is 0.216. The average Bonchev–Trinajstić information content (AvgIpc) is 2.37. The molecule has 0 saturated carbocycles. The summed E-state index contributed by atoms with van der Waals surface area (Å²) in [6.07, 6.45) is 9.05. The number of hydrogen-bond acceptors (Lipinski definition) is 1. The third kappa shape index (κ3) is 2.00. The predicted octanol–water partition coefficient (Wildman–Crippen LogP) is 5.06. The molecule has 2 aliphatic carbocycles. The second kappa shape index (κ2) is 4.51. The zero-order chi connectivity index (χ0) is 14.5. The van der Waals surface area contributed by atoms with Gasteiger partial charge < -0.3 is 5.11 Å². The molecule has 0 bridgehead atoms. The number of aryl methyl sites for hydroxylation is 1. The van der Waals surface area contributed by atoms with Crippen LogP contribution in [-0.2, 0) is 6.42 Å². The lowest BCUT2D eigenvalue weighted by molar-refractivity contribution is 0.326. The van der Waals surface area contributed by atoms with Crippen LogP contribution in [0.3, 0.4) is 0 Å². The molecule has 106 valence electrons. The van der Waals surface area contributed by atoms with Crippen LogP contribution in [0.1, 0.15) is 56.7 Å². The van der Waals surface area contributed by atoms with E-state index in [-0.39, 0.29) is 5.41 Å². The van der Waals surface area contributed by atoms with E-state index in [0.29, 0.717) is 17.6 Å². The number of rotatable bonds is 1. The first-order chi connectivity index (χ1) is 9.40. The molecule has 1 atom stereocenters. The van der Waals surface area contributed by atoms with Crippen LogP contribution in [0.4, 0.5) is 0 Å². The molecule has 20 heavy (non-hydrogen) atoms. The summed E-state index contributed by atoms with van der Waals surface area (Å²) >= 11 is 0. The second-order valence-corrected chi connectivity index (χ2v) is 7.12. The number of fused-ring (bicyclic) bond motifs is 3. The van der Waals surface area contributed by atoms with E-state index in [0.717, 1.165) is 12.0 Å². The standard InChI is InChI=1S/C19H24O/c1-12(2)15-10-13-7-8-17-14(16(13)11-18(15)20)6-5-9-19(17,3)4/h5-6,9-12,17,20H,7-8H2,1-4H3/t17-/m0/s1. The number of benzene rings is 1. The van der Waals surface area contributed by atoms with E-state index in [9.17, 15) is 5.11 Å². The average molecular weight is 268 g/mol. The molecule has 0 unspecified atom stereocenters. The highest BCUT2D eigenvalue weighted by atomic mass is 16.3. The number of hydrogen-bond donors (Lipinski definition) is 1. The summed E-state index contributed by atoms with van der Waals surface area (Å²) in [5.41, 5.74) is 5.37. The van der Waals surface area contributed by atoms with Crippen LogP contribution < -0.4 is 0 Å². The monoisotopic (exact) mass is 268 g/mol. The summed E-state index contributed by atoms with van der Waals surface area (Å²) in [6.45, 7) is 8.90. The summed E-state index contributed by atoms with van der Waals surface area (Å²) in [6, 6.07) is 4.22. The van der Waals surface area contributed by atoms with Crippen LogP contribution in [-0.4, -0.2) is 5.11 Å². The largest absolute Gasteiger partial charge is 0.508 e. The number of phenolic OH excluding ortho intramolecular Hbond substituents is 1. The minimum absolute atomic E-state index is 0.216. The predicted molar refractivity (Wildman–Crippen MR) is 84.9 cm³/mol. The highest BCUT2D eigenvalue weighted by Gasteiger charge is 2.36. The Hall–Kier alpha value is -1.50.